The maximum Gasteiger partial charge on any atom is 0.326 e. The van der Waals surface area contributed by atoms with E-state index in [1.807, 2.05) is 25.9 Å². The number of hydrogen-bond acceptors (Lipinski definition) is 6. The number of nitrogens with zero attached hydrogens (tertiary/aromatic N) is 1. The van der Waals surface area contributed by atoms with Crippen molar-refractivity contribution in [2.75, 3.05) is 44.9 Å². The van der Waals surface area contributed by atoms with Crippen molar-refractivity contribution in [3.8, 4) is 5.75 Å². The maximum atomic E-state index is 14.2. The fourth-order valence-electron chi connectivity index (χ4n) is 4.44. The van der Waals surface area contributed by atoms with Crippen LogP contribution in [-0.4, -0.2) is 67.9 Å². The van der Waals surface area contributed by atoms with E-state index in [1.54, 1.807) is 31.2 Å². The minimum absolute atomic E-state index is 0.193. The van der Waals surface area contributed by atoms with E-state index >= 15 is 0 Å². The normalized spacial score (nSPS) is 13.1. The van der Waals surface area contributed by atoms with Crippen molar-refractivity contribution in [1.29, 1.82) is 0 Å². The summed E-state index contributed by atoms with van der Waals surface area (Å²) in [6.45, 7) is 4.83. The van der Waals surface area contributed by atoms with Gasteiger partial charge in [-0.05, 0) is 63.8 Å². The molecule has 0 bridgehead atoms. The molecule has 214 valence electrons. The van der Waals surface area contributed by atoms with Crippen LogP contribution in [0.2, 0.25) is 0 Å². The van der Waals surface area contributed by atoms with E-state index in [-0.39, 0.29) is 23.1 Å². The molecule has 0 aliphatic carbocycles. The fraction of sp³-hybridized carbons (Fsp3) is 0.241. The summed E-state index contributed by atoms with van der Waals surface area (Å²) in [6.07, 6.45) is 1.68. The second-order valence-electron chi connectivity index (χ2n) is 9.75. The van der Waals surface area contributed by atoms with Crippen molar-refractivity contribution < 1.29 is 28.3 Å². The van der Waals surface area contributed by atoms with Gasteiger partial charge in [-0.1, -0.05) is 6.07 Å². The zero-order valence-corrected chi connectivity index (χ0v) is 23.3. The molecule has 41 heavy (non-hydrogen) atoms. The standard InChI is InChI=1S/C29H31FN6O5/c1-15-23(32-16(2)25(15)28(39)31-10-11-36(3)4)14-21-19-8-6-17(12-24(19)34-27(21)38)33-29(40)35-26(37)20-9-7-18(41-5)13-22(20)30/h6-9,12-14,32H,10-11H2,1-5H3,(H,31,39)(H,34,38)(H2,33,35,37,40). The molecule has 0 radical (unpaired) electrons. The molecule has 0 unspecified atom stereocenters. The first-order valence-corrected chi connectivity index (χ1v) is 12.7. The lowest BCUT2D eigenvalue weighted by atomic mass is 10.0. The maximum absolute atomic E-state index is 14.2. The van der Waals surface area contributed by atoms with Gasteiger partial charge in [-0.15, -0.1) is 0 Å². The number of imide groups is 1. The lowest BCUT2D eigenvalue weighted by Gasteiger charge is -2.10. The molecule has 3 aromatic rings. The molecule has 2 heterocycles. The van der Waals surface area contributed by atoms with Crippen molar-refractivity contribution in [3.63, 3.8) is 0 Å². The Labute approximate surface area is 236 Å². The van der Waals surface area contributed by atoms with E-state index in [0.29, 0.717) is 58.1 Å². The molecule has 0 saturated carbocycles. The molecular formula is C29H31FN6O5. The minimum atomic E-state index is -0.926. The predicted octanol–water partition coefficient (Wildman–Crippen LogP) is 3.53. The van der Waals surface area contributed by atoms with Crippen LogP contribution in [0.1, 0.15) is 43.2 Å². The van der Waals surface area contributed by atoms with E-state index in [0.717, 1.165) is 6.07 Å². The summed E-state index contributed by atoms with van der Waals surface area (Å²) < 4.78 is 19.1. The molecule has 1 aromatic heterocycles. The second-order valence-corrected chi connectivity index (χ2v) is 9.75. The van der Waals surface area contributed by atoms with E-state index < -0.39 is 17.8 Å². The van der Waals surface area contributed by atoms with Crippen molar-refractivity contribution in [2.45, 2.75) is 13.8 Å². The van der Waals surface area contributed by atoms with Crippen molar-refractivity contribution in [1.82, 2.24) is 20.5 Å². The van der Waals surface area contributed by atoms with Gasteiger partial charge in [0.15, 0.2) is 0 Å². The number of hydrogen-bond donors (Lipinski definition) is 5. The Hall–Kier alpha value is -4.97. The van der Waals surface area contributed by atoms with Gasteiger partial charge < -0.3 is 30.6 Å². The predicted molar refractivity (Wildman–Crippen MR) is 154 cm³/mol. The molecule has 0 fully saturated rings. The highest BCUT2D eigenvalue weighted by Crippen LogP contribution is 2.35. The Kier molecular flexibility index (Phi) is 8.53. The molecule has 2 aromatic carbocycles. The van der Waals surface area contributed by atoms with Gasteiger partial charge in [0, 0.05) is 41.8 Å². The number of fused-ring (bicyclic) bond motifs is 1. The molecule has 12 heteroatoms. The number of carbonyl (C=O) groups is 4. The molecule has 0 saturated heterocycles. The van der Waals surface area contributed by atoms with Gasteiger partial charge in [-0.25, -0.2) is 9.18 Å². The Morgan fingerprint density at radius 1 is 1.07 bits per heavy atom. The van der Waals surface area contributed by atoms with Crippen LogP contribution in [0.5, 0.6) is 5.75 Å². The highest BCUT2D eigenvalue weighted by atomic mass is 19.1. The number of rotatable bonds is 8. The molecule has 1 aliphatic rings. The summed E-state index contributed by atoms with van der Waals surface area (Å²) in [5.74, 6) is -2.07. The van der Waals surface area contributed by atoms with Gasteiger partial charge in [0.2, 0.25) is 0 Å². The number of aromatic nitrogens is 1. The van der Waals surface area contributed by atoms with E-state index in [9.17, 15) is 23.6 Å². The largest absolute Gasteiger partial charge is 0.497 e. The third kappa shape index (κ3) is 6.44. The van der Waals surface area contributed by atoms with Crippen LogP contribution < -0.4 is 26.0 Å². The number of carbonyl (C=O) groups excluding carboxylic acids is 4. The Morgan fingerprint density at radius 2 is 1.83 bits per heavy atom. The number of halogens is 1. The van der Waals surface area contributed by atoms with Crippen LogP contribution in [0.3, 0.4) is 0 Å². The zero-order chi connectivity index (χ0) is 29.8. The number of likely N-dealkylation sites (N-methyl/N-ethyl adjacent to an activating group) is 1. The number of aryl methyl sites for hydroxylation is 1. The summed E-state index contributed by atoms with van der Waals surface area (Å²) in [5.41, 5.74) is 3.97. The number of amides is 5. The number of urea groups is 1. The number of anilines is 2. The minimum Gasteiger partial charge on any atom is -0.497 e. The summed E-state index contributed by atoms with van der Waals surface area (Å²) in [6, 6.07) is 7.55. The lowest BCUT2D eigenvalue weighted by Crippen LogP contribution is -2.34. The summed E-state index contributed by atoms with van der Waals surface area (Å²) >= 11 is 0. The number of H-pyrrole nitrogens is 1. The Bertz CT molecular complexity index is 1580. The summed E-state index contributed by atoms with van der Waals surface area (Å²) in [7, 11) is 5.22. The van der Waals surface area contributed by atoms with Crippen molar-refractivity contribution in [2.24, 2.45) is 0 Å². The van der Waals surface area contributed by atoms with Crippen LogP contribution >= 0.6 is 0 Å². The SMILES string of the molecule is COc1ccc(C(=O)NC(=O)Nc2ccc3c(c2)NC(=O)C3=Cc2[nH]c(C)c(C(=O)NCCN(C)C)c2C)c(F)c1. The highest BCUT2D eigenvalue weighted by molar-refractivity contribution is 6.35. The molecule has 5 amide bonds. The summed E-state index contributed by atoms with van der Waals surface area (Å²) in [4.78, 5) is 55.5. The first kappa shape index (κ1) is 29.0. The Morgan fingerprint density at radius 3 is 2.51 bits per heavy atom. The average Bonchev–Trinajstić information content (AvgIpc) is 3.36. The Balaban J connectivity index is 1.47. The third-order valence-electron chi connectivity index (χ3n) is 6.54. The van der Waals surface area contributed by atoms with Crippen LogP contribution in [0, 0.1) is 19.7 Å². The van der Waals surface area contributed by atoms with Gasteiger partial charge in [0.05, 0.1) is 29.5 Å². The second kappa shape index (κ2) is 12.0. The quantitative estimate of drug-likeness (QED) is 0.266. The topological polar surface area (TPSA) is 145 Å². The molecule has 11 nitrogen and oxygen atoms in total. The van der Waals surface area contributed by atoms with Gasteiger partial charge in [0.1, 0.15) is 11.6 Å². The van der Waals surface area contributed by atoms with E-state index in [2.05, 4.69) is 26.3 Å². The van der Waals surface area contributed by atoms with E-state index in [4.69, 9.17) is 4.74 Å². The average molecular weight is 563 g/mol. The molecule has 4 rings (SSSR count). The van der Waals surface area contributed by atoms with Crippen molar-refractivity contribution in [3.05, 3.63) is 75.9 Å². The molecular weight excluding hydrogens is 531 g/mol. The highest BCUT2D eigenvalue weighted by Gasteiger charge is 2.26. The van der Waals surface area contributed by atoms with E-state index in [1.165, 1.54) is 19.2 Å². The number of methoxy groups -OCH3 is 1. The molecule has 1 aliphatic heterocycles. The monoisotopic (exact) mass is 562 g/mol. The zero-order valence-electron chi connectivity index (χ0n) is 23.3. The van der Waals surface area contributed by atoms with Crippen LogP contribution in [0.4, 0.5) is 20.6 Å². The molecule has 0 spiro atoms. The smallest absolute Gasteiger partial charge is 0.326 e. The number of nitrogens with one attached hydrogen (secondary N) is 5. The summed E-state index contributed by atoms with van der Waals surface area (Å²) in [5, 5.41) is 10.3. The third-order valence-corrected chi connectivity index (χ3v) is 6.54. The number of aromatic amines is 1. The lowest BCUT2D eigenvalue weighted by molar-refractivity contribution is -0.110. The van der Waals surface area contributed by atoms with Gasteiger partial charge in [0.25, 0.3) is 17.7 Å². The van der Waals surface area contributed by atoms with Crippen LogP contribution in [0.25, 0.3) is 11.6 Å². The van der Waals surface area contributed by atoms with Gasteiger partial charge in [-0.3, -0.25) is 19.7 Å². The number of ether oxygens (including phenoxy) is 1. The van der Waals surface area contributed by atoms with Crippen LogP contribution in [-0.2, 0) is 4.79 Å². The number of benzene rings is 2. The molecule has 0 atom stereocenters. The van der Waals surface area contributed by atoms with Crippen molar-refractivity contribution >= 4 is 46.8 Å². The first-order chi connectivity index (χ1) is 19.5. The van der Waals surface area contributed by atoms with Gasteiger partial charge in [-0.2, -0.15) is 0 Å². The van der Waals surface area contributed by atoms with Gasteiger partial charge >= 0.3 is 6.03 Å². The first-order valence-electron chi connectivity index (χ1n) is 12.7. The van der Waals surface area contributed by atoms with Crippen LogP contribution in [0.15, 0.2) is 36.4 Å². The molecule has 5 N–H and O–H groups in total. The fourth-order valence-corrected chi connectivity index (χ4v) is 4.44.